The molecule has 1 atom stereocenters. The van der Waals surface area contributed by atoms with E-state index in [9.17, 15) is 14.0 Å². The molecule has 0 bridgehead atoms. The topological polar surface area (TPSA) is 59.5 Å². The van der Waals surface area contributed by atoms with Gasteiger partial charge in [0, 0.05) is 30.2 Å². The molecule has 160 valence electrons. The molecule has 0 aliphatic carbocycles. The summed E-state index contributed by atoms with van der Waals surface area (Å²) >= 11 is 0. The summed E-state index contributed by atoms with van der Waals surface area (Å²) in [6.45, 7) is 2.74. The summed E-state index contributed by atoms with van der Waals surface area (Å²) in [5.74, 6) is -0.872. The predicted octanol–water partition coefficient (Wildman–Crippen LogP) is 4.40. The highest BCUT2D eigenvalue weighted by Gasteiger charge is 2.45. The van der Waals surface area contributed by atoms with Gasteiger partial charge in [-0.1, -0.05) is 24.3 Å². The fourth-order valence-electron chi connectivity index (χ4n) is 4.37. The largest absolute Gasteiger partial charge is 0.466 e. The Labute approximate surface area is 180 Å². The number of nitrogens with zero attached hydrogens (tertiary/aromatic N) is 2. The number of hydrogen-bond donors (Lipinski definition) is 0. The van der Waals surface area contributed by atoms with Gasteiger partial charge in [-0.15, -0.1) is 0 Å². The van der Waals surface area contributed by atoms with E-state index in [1.807, 2.05) is 24.3 Å². The second kappa shape index (κ2) is 8.84. The lowest BCUT2D eigenvalue weighted by Gasteiger charge is -2.41. The Kier molecular flexibility index (Phi) is 5.98. The van der Waals surface area contributed by atoms with Crippen molar-refractivity contribution in [1.82, 2.24) is 9.88 Å². The van der Waals surface area contributed by atoms with Gasteiger partial charge >= 0.3 is 5.97 Å². The van der Waals surface area contributed by atoms with Crippen molar-refractivity contribution < 1.29 is 18.7 Å². The molecule has 31 heavy (non-hydrogen) atoms. The number of halogens is 1. The first kappa shape index (κ1) is 21.0. The maximum Gasteiger partial charge on any atom is 0.314 e. The minimum Gasteiger partial charge on any atom is -0.466 e. The fraction of sp³-hybridized carbons (Fsp3) is 0.320. The average Bonchev–Trinajstić information content (AvgIpc) is 2.80. The minimum absolute atomic E-state index is 0.146. The molecule has 0 radical (unpaired) electrons. The highest BCUT2D eigenvalue weighted by atomic mass is 19.1. The number of ether oxygens (including phenoxy) is 1. The third-order valence-corrected chi connectivity index (χ3v) is 5.91. The lowest BCUT2D eigenvalue weighted by atomic mass is 9.74. The number of esters is 1. The number of hydrogen-bond acceptors (Lipinski definition) is 4. The zero-order chi connectivity index (χ0) is 21.8. The molecule has 1 fully saturated rings. The number of pyridine rings is 1. The van der Waals surface area contributed by atoms with Crippen LogP contribution in [-0.2, 0) is 16.0 Å². The van der Waals surface area contributed by atoms with E-state index in [2.05, 4.69) is 4.98 Å². The summed E-state index contributed by atoms with van der Waals surface area (Å²) in [6, 6.07) is 15.6. The van der Waals surface area contributed by atoms with Crippen LogP contribution in [-0.4, -0.2) is 41.5 Å². The standard InChI is InChI=1S/C25H25FN2O3/c1-2-31-24(30)25(16-20-7-3-4-9-21(20)26)12-6-14-28(17-25)23(29)19-10-11-22-18(15-19)8-5-13-27-22/h3-5,7-11,13,15H,2,6,12,14,16-17H2,1H3. The van der Waals surface area contributed by atoms with Gasteiger partial charge in [0.1, 0.15) is 5.82 Å². The summed E-state index contributed by atoms with van der Waals surface area (Å²) in [7, 11) is 0. The summed E-state index contributed by atoms with van der Waals surface area (Å²) in [4.78, 5) is 32.3. The smallest absolute Gasteiger partial charge is 0.314 e. The molecule has 0 N–H and O–H groups in total. The molecule has 1 saturated heterocycles. The minimum atomic E-state index is -0.968. The van der Waals surface area contributed by atoms with Crippen molar-refractivity contribution in [2.45, 2.75) is 26.2 Å². The monoisotopic (exact) mass is 420 g/mol. The van der Waals surface area contributed by atoms with Crippen molar-refractivity contribution in [2.75, 3.05) is 19.7 Å². The lowest BCUT2D eigenvalue weighted by Crippen LogP contribution is -2.51. The van der Waals surface area contributed by atoms with Crippen LogP contribution in [0, 0.1) is 11.2 Å². The average molecular weight is 420 g/mol. The van der Waals surface area contributed by atoms with Crippen molar-refractivity contribution >= 4 is 22.8 Å². The summed E-state index contributed by atoms with van der Waals surface area (Å²) < 4.78 is 19.8. The molecule has 4 rings (SSSR count). The van der Waals surface area contributed by atoms with Gasteiger partial charge < -0.3 is 9.64 Å². The Balaban J connectivity index is 1.63. The SMILES string of the molecule is CCOC(=O)C1(Cc2ccccc2F)CCCN(C(=O)c2ccc3ncccc3c2)C1. The Hall–Kier alpha value is -3.28. The first-order valence-electron chi connectivity index (χ1n) is 10.6. The van der Waals surface area contributed by atoms with E-state index < -0.39 is 5.41 Å². The number of rotatable bonds is 5. The van der Waals surface area contributed by atoms with E-state index in [0.29, 0.717) is 30.5 Å². The van der Waals surface area contributed by atoms with Gasteiger partial charge in [0.2, 0.25) is 0 Å². The van der Waals surface area contributed by atoms with Gasteiger partial charge in [-0.25, -0.2) is 4.39 Å². The molecule has 2 heterocycles. The third kappa shape index (κ3) is 4.29. The van der Waals surface area contributed by atoms with Gasteiger partial charge in [-0.05, 0) is 62.1 Å². The Morgan fingerprint density at radius 2 is 2.00 bits per heavy atom. The van der Waals surface area contributed by atoms with Gasteiger partial charge in [0.15, 0.2) is 0 Å². The number of benzene rings is 2. The van der Waals surface area contributed by atoms with Crippen molar-refractivity contribution in [3.8, 4) is 0 Å². The predicted molar refractivity (Wildman–Crippen MR) is 116 cm³/mol. The van der Waals surface area contributed by atoms with Crippen molar-refractivity contribution in [3.05, 3.63) is 77.7 Å². The number of carbonyl (C=O) groups is 2. The lowest BCUT2D eigenvalue weighted by molar-refractivity contribution is -0.158. The van der Waals surface area contributed by atoms with Crippen LogP contribution in [0.1, 0.15) is 35.7 Å². The second-order valence-electron chi connectivity index (χ2n) is 8.01. The van der Waals surface area contributed by atoms with E-state index in [0.717, 1.165) is 10.9 Å². The molecule has 0 saturated carbocycles. The maximum absolute atomic E-state index is 14.4. The van der Waals surface area contributed by atoms with Crippen LogP contribution >= 0.6 is 0 Å². The Morgan fingerprint density at radius 3 is 2.81 bits per heavy atom. The zero-order valence-electron chi connectivity index (χ0n) is 17.5. The van der Waals surface area contributed by atoms with Crippen LogP contribution in [0.15, 0.2) is 60.8 Å². The van der Waals surface area contributed by atoms with Crippen LogP contribution in [0.4, 0.5) is 4.39 Å². The summed E-state index contributed by atoms with van der Waals surface area (Å²) in [5.41, 5.74) is 0.857. The quantitative estimate of drug-likeness (QED) is 0.574. The van der Waals surface area contributed by atoms with Crippen LogP contribution in [0.2, 0.25) is 0 Å². The second-order valence-corrected chi connectivity index (χ2v) is 8.01. The Bertz CT molecular complexity index is 1120. The van der Waals surface area contributed by atoms with Crippen LogP contribution in [0.3, 0.4) is 0 Å². The summed E-state index contributed by atoms with van der Waals surface area (Å²) in [6.07, 6.45) is 3.11. The number of carbonyl (C=O) groups excluding carboxylic acids is 2. The molecular weight excluding hydrogens is 395 g/mol. The van der Waals surface area contributed by atoms with Gasteiger partial charge in [-0.3, -0.25) is 14.6 Å². The molecule has 5 nitrogen and oxygen atoms in total. The molecule has 1 aromatic heterocycles. The first-order valence-corrected chi connectivity index (χ1v) is 10.6. The van der Waals surface area contributed by atoms with E-state index >= 15 is 0 Å². The van der Waals surface area contributed by atoms with Gasteiger partial charge in [0.25, 0.3) is 5.91 Å². The van der Waals surface area contributed by atoms with Gasteiger partial charge in [-0.2, -0.15) is 0 Å². The third-order valence-electron chi connectivity index (χ3n) is 5.91. The number of fused-ring (bicyclic) bond motifs is 1. The first-order chi connectivity index (χ1) is 15.0. The number of likely N-dealkylation sites (tertiary alicyclic amines) is 1. The molecule has 3 aromatic rings. The molecule has 1 aliphatic rings. The molecule has 0 spiro atoms. The molecule has 2 aromatic carbocycles. The molecular formula is C25H25FN2O3. The van der Waals surface area contributed by atoms with E-state index in [1.54, 1.807) is 42.3 Å². The molecule has 1 amide bonds. The molecule has 1 unspecified atom stereocenters. The fourth-order valence-corrected chi connectivity index (χ4v) is 4.37. The van der Waals surface area contributed by atoms with Crippen molar-refractivity contribution in [3.63, 3.8) is 0 Å². The van der Waals surface area contributed by atoms with E-state index in [1.165, 1.54) is 6.07 Å². The highest BCUT2D eigenvalue weighted by Crippen LogP contribution is 2.36. The zero-order valence-corrected chi connectivity index (χ0v) is 17.5. The molecule has 6 heteroatoms. The van der Waals surface area contributed by atoms with Crippen molar-refractivity contribution in [1.29, 1.82) is 0 Å². The van der Waals surface area contributed by atoms with E-state index in [-0.39, 0.29) is 37.3 Å². The number of amides is 1. The molecule has 1 aliphatic heterocycles. The van der Waals surface area contributed by atoms with E-state index in [4.69, 9.17) is 4.74 Å². The van der Waals surface area contributed by atoms with Crippen molar-refractivity contribution in [2.24, 2.45) is 5.41 Å². The van der Waals surface area contributed by atoms with Crippen LogP contribution in [0.5, 0.6) is 0 Å². The van der Waals surface area contributed by atoms with Crippen LogP contribution < -0.4 is 0 Å². The summed E-state index contributed by atoms with van der Waals surface area (Å²) in [5, 5.41) is 0.883. The number of aromatic nitrogens is 1. The van der Waals surface area contributed by atoms with Crippen LogP contribution in [0.25, 0.3) is 10.9 Å². The maximum atomic E-state index is 14.4. The number of piperidine rings is 1. The highest BCUT2D eigenvalue weighted by molar-refractivity contribution is 5.98. The Morgan fingerprint density at radius 1 is 1.16 bits per heavy atom. The van der Waals surface area contributed by atoms with Gasteiger partial charge in [0.05, 0.1) is 17.5 Å². The normalized spacial score (nSPS) is 18.7.